The fourth-order valence-corrected chi connectivity index (χ4v) is 4.34. The number of H-pyrrole nitrogens is 1. The zero-order chi connectivity index (χ0) is 24.1. The number of hydrogen-bond donors (Lipinski definition) is 1. The van der Waals surface area contributed by atoms with Gasteiger partial charge in [-0.1, -0.05) is 30.3 Å². The summed E-state index contributed by atoms with van der Waals surface area (Å²) >= 11 is 6.08. The third-order valence-corrected chi connectivity index (χ3v) is 6.39. The fourth-order valence-electron chi connectivity index (χ4n) is 4.21. The molecule has 2 aromatic carbocycles. The summed E-state index contributed by atoms with van der Waals surface area (Å²) < 4.78 is 5.54. The molecule has 34 heavy (non-hydrogen) atoms. The molecule has 2 amide bonds. The predicted octanol–water partition coefficient (Wildman–Crippen LogP) is 4.76. The third-order valence-electron chi connectivity index (χ3n) is 6.20. The highest BCUT2D eigenvalue weighted by Crippen LogP contribution is 2.28. The van der Waals surface area contributed by atoms with Crippen LogP contribution in [0.3, 0.4) is 0 Å². The number of hydrogen-bond acceptors (Lipinski definition) is 3. The maximum absolute atomic E-state index is 13.5. The second kappa shape index (κ2) is 11.0. The average molecular weight is 482 g/mol. The highest BCUT2D eigenvalue weighted by atomic mass is 35.5. The highest BCUT2D eigenvalue weighted by Gasteiger charge is 2.36. The van der Waals surface area contributed by atoms with E-state index in [4.69, 9.17) is 16.3 Å². The van der Waals surface area contributed by atoms with Crippen LogP contribution in [0.15, 0.2) is 54.7 Å². The number of fused-ring (bicyclic) bond motifs is 1. The molecule has 6 nitrogen and oxygen atoms in total. The number of aromatic nitrogens is 1. The highest BCUT2D eigenvalue weighted by molar-refractivity contribution is 6.30. The first-order chi connectivity index (χ1) is 16.5. The van der Waals surface area contributed by atoms with Crippen LogP contribution >= 0.6 is 11.6 Å². The molecule has 1 unspecified atom stereocenters. The van der Waals surface area contributed by atoms with Crippen LogP contribution in [0.2, 0.25) is 0 Å². The molecule has 0 spiro atoms. The Hall–Kier alpha value is -2.99. The number of amides is 2. The number of nitrogens with zero attached hydrogens (tertiary/aromatic N) is 2. The van der Waals surface area contributed by atoms with Gasteiger partial charge in [0.2, 0.25) is 11.8 Å². The molecule has 1 aromatic heterocycles. The van der Waals surface area contributed by atoms with Gasteiger partial charge in [-0.3, -0.25) is 9.59 Å². The topological polar surface area (TPSA) is 65.6 Å². The van der Waals surface area contributed by atoms with Crippen LogP contribution in [0.25, 0.3) is 10.9 Å². The lowest BCUT2D eigenvalue weighted by molar-refractivity contribution is -0.141. The summed E-state index contributed by atoms with van der Waals surface area (Å²) in [6.45, 7) is 5.31. The van der Waals surface area contributed by atoms with Crippen LogP contribution in [0.5, 0.6) is 5.75 Å². The van der Waals surface area contributed by atoms with E-state index < -0.39 is 5.38 Å². The molecule has 7 heteroatoms. The Morgan fingerprint density at radius 1 is 1.15 bits per heavy atom. The number of benzene rings is 2. The Bertz CT molecular complexity index is 1120. The van der Waals surface area contributed by atoms with Gasteiger partial charge in [-0.2, -0.15) is 0 Å². The zero-order valence-electron chi connectivity index (χ0n) is 19.8. The lowest BCUT2D eigenvalue weighted by Gasteiger charge is -2.28. The lowest BCUT2D eigenvalue weighted by atomic mass is 10.1. The van der Waals surface area contributed by atoms with Crippen molar-refractivity contribution in [1.29, 1.82) is 0 Å². The normalized spacial score (nSPS) is 14.1. The van der Waals surface area contributed by atoms with E-state index in [2.05, 4.69) is 11.1 Å². The molecule has 0 radical (unpaired) electrons. The second-order valence-electron chi connectivity index (χ2n) is 8.82. The Morgan fingerprint density at radius 3 is 2.56 bits per heavy atom. The van der Waals surface area contributed by atoms with E-state index in [0.717, 1.165) is 36.1 Å². The summed E-state index contributed by atoms with van der Waals surface area (Å²) in [7, 11) is 0. The van der Waals surface area contributed by atoms with Crippen molar-refractivity contribution in [3.8, 4) is 5.75 Å². The molecule has 1 fully saturated rings. The van der Waals surface area contributed by atoms with Gasteiger partial charge < -0.3 is 19.5 Å². The standard InChI is InChI=1S/C27H32ClN3O3/c1-3-34-23-12-8-20(9-13-23)17-30(15-14-21-16-29-25-7-5-4-6-24(21)25)26(32)18-31(22-10-11-22)27(33)19(2)28/h4-9,12-13,16,19,22,29H,3,10-11,14-15,17-18H2,1-2H3. The Labute approximate surface area is 205 Å². The first-order valence-corrected chi connectivity index (χ1v) is 12.4. The van der Waals surface area contributed by atoms with Crippen LogP contribution in [0.4, 0.5) is 0 Å². The van der Waals surface area contributed by atoms with Gasteiger partial charge in [-0.25, -0.2) is 0 Å². The molecular formula is C27H32ClN3O3. The Morgan fingerprint density at radius 2 is 1.88 bits per heavy atom. The van der Waals surface area contributed by atoms with E-state index >= 15 is 0 Å². The molecule has 1 saturated carbocycles. The maximum Gasteiger partial charge on any atom is 0.242 e. The molecule has 1 heterocycles. The first-order valence-electron chi connectivity index (χ1n) is 11.9. The van der Waals surface area contributed by atoms with Gasteiger partial charge in [-0.15, -0.1) is 11.6 Å². The van der Waals surface area contributed by atoms with E-state index in [1.807, 2.05) is 60.5 Å². The third kappa shape index (κ3) is 5.92. The number of carbonyl (C=O) groups excluding carboxylic acids is 2. The molecular weight excluding hydrogens is 450 g/mol. The van der Waals surface area contributed by atoms with Gasteiger partial charge in [0.1, 0.15) is 17.7 Å². The van der Waals surface area contributed by atoms with Crippen molar-refractivity contribution in [2.45, 2.75) is 51.1 Å². The van der Waals surface area contributed by atoms with Crippen LogP contribution in [0, 0.1) is 0 Å². The SMILES string of the molecule is CCOc1ccc(CN(CCc2c[nH]c3ccccc23)C(=O)CN(C(=O)C(C)Cl)C2CC2)cc1. The summed E-state index contributed by atoms with van der Waals surface area (Å²) in [5.74, 6) is 0.575. The average Bonchev–Trinajstić information content (AvgIpc) is 3.60. The van der Waals surface area contributed by atoms with E-state index in [0.29, 0.717) is 19.7 Å². The second-order valence-corrected chi connectivity index (χ2v) is 9.47. The Balaban J connectivity index is 1.51. The number of carbonyl (C=O) groups is 2. The van der Waals surface area contributed by atoms with Crippen LogP contribution in [-0.2, 0) is 22.6 Å². The van der Waals surface area contributed by atoms with Crippen LogP contribution < -0.4 is 4.74 Å². The lowest BCUT2D eigenvalue weighted by Crippen LogP contribution is -2.46. The molecule has 3 aromatic rings. The summed E-state index contributed by atoms with van der Waals surface area (Å²) in [6.07, 6.45) is 4.59. The van der Waals surface area contributed by atoms with Gasteiger partial charge in [0.25, 0.3) is 0 Å². The smallest absolute Gasteiger partial charge is 0.242 e. The number of ether oxygens (including phenoxy) is 1. The first kappa shape index (κ1) is 24.1. The largest absolute Gasteiger partial charge is 0.494 e. The van der Waals surface area contributed by atoms with Crippen molar-refractivity contribution < 1.29 is 14.3 Å². The quantitative estimate of drug-likeness (QED) is 0.402. The monoisotopic (exact) mass is 481 g/mol. The van der Waals surface area contributed by atoms with Crippen molar-refractivity contribution in [3.63, 3.8) is 0 Å². The number of rotatable bonds is 11. The minimum atomic E-state index is -0.640. The van der Waals surface area contributed by atoms with E-state index in [-0.39, 0.29) is 24.4 Å². The van der Waals surface area contributed by atoms with E-state index in [9.17, 15) is 9.59 Å². The summed E-state index contributed by atoms with van der Waals surface area (Å²) in [6, 6.07) is 16.1. The molecule has 4 rings (SSSR count). The van der Waals surface area contributed by atoms with Gasteiger partial charge in [-0.05, 0) is 62.4 Å². The van der Waals surface area contributed by atoms with Crippen LogP contribution in [0.1, 0.15) is 37.8 Å². The Kier molecular flexibility index (Phi) is 7.78. The fraction of sp³-hybridized carbons (Fsp3) is 0.407. The molecule has 0 aliphatic heterocycles. The van der Waals surface area contributed by atoms with Crippen molar-refractivity contribution in [3.05, 3.63) is 65.9 Å². The van der Waals surface area contributed by atoms with Gasteiger partial charge in [0.15, 0.2) is 0 Å². The maximum atomic E-state index is 13.5. The number of halogens is 1. The zero-order valence-corrected chi connectivity index (χ0v) is 20.6. The minimum absolute atomic E-state index is 0.0610. The number of alkyl halides is 1. The number of nitrogens with one attached hydrogen (secondary N) is 1. The molecule has 1 atom stereocenters. The number of aromatic amines is 1. The van der Waals surface area contributed by atoms with Gasteiger partial charge in [0.05, 0.1) is 6.61 Å². The van der Waals surface area contributed by atoms with Crippen molar-refractivity contribution in [1.82, 2.24) is 14.8 Å². The molecule has 180 valence electrons. The predicted molar refractivity (Wildman–Crippen MR) is 135 cm³/mol. The van der Waals surface area contributed by atoms with Gasteiger partial charge in [0, 0.05) is 36.2 Å². The molecule has 1 N–H and O–H groups in total. The number of para-hydroxylation sites is 1. The molecule has 0 bridgehead atoms. The van der Waals surface area contributed by atoms with Gasteiger partial charge >= 0.3 is 0 Å². The molecule has 1 aliphatic rings. The summed E-state index contributed by atoms with van der Waals surface area (Å²) in [5.41, 5.74) is 3.28. The van der Waals surface area contributed by atoms with Crippen molar-refractivity contribution in [2.75, 3.05) is 19.7 Å². The molecule has 1 aliphatic carbocycles. The van der Waals surface area contributed by atoms with Crippen molar-refractivity contribution in [2.24, 2.45) is 0 Å². The van der Waals surface area contributed by atoms with E-state index in [1.54, 1.807) is 11.8 Å². The molecule has 0 saturated heterocycles. The van der Waals surface area contributed by atoms with Crippen molar-refractivity contribution >= 4 is 34.3 Å². The van der Waals surface area contributed by atoms with E-state index in [1.165, 1.54) is 10.9 Å². The summed E-state index contributed by atoms with van der Waals surface area (Å²) in [5, 5.41) is 0.529. The summed E-state index contributed by atoms with van der Waals surface area (Å²) in [4.78, 5) is 32.9. The van der Waals surface area contributed by atoms with Crippen LogP contribution in [-0.4, -0.2) is 57.7 Å². The minimum Gasteiger partial charge on any atom is -0.494 e.